The highest BCUT2D eigenvalue weighted by Crippen LogP contribution is 2.14. The molecule has 0 bridgehead atoms. The number of rotatable bonds is 6. The van der Waals surface area contributed by atoms with Crippen LogP contribution in [-0.2, 0) is 4.79 Å². The third-order valence-electron chi connectivity index (χ3n) is 2.76. The number of allylic oxidation sites excluding steroid dienone is 1. The molecular weight excluding hydrogens is 302 g/mol. The minimum Gasteiger partial charge on any atom is -0.484 e. The SMILES string of the molecule is CN(C)C(=O)COc1cccc(C(=O)/C=C/c2csnn2)c1. The second kappa shape index (κ2) is 7.46. The molecule has 6 nitrogen and oxygen atoms in total. The number of amides is 1. The summed E-state index contributed by atoms with van der Waals surface area (Å²) in [5.41, 5.74) is 1.12. The first kappa shape index (κ1) is 15.8. The van der Waals surface area contributed by atoms with Crippen molar-refractivity contribution in [3.05, 3.63) is 47.0 Å². The molecule has 2 aromatic rings. The summed E-state index contributed by atoms with van der Waals surface area (Å²) in [6, 6.07) is 6.70. The van der Waals surface area contributed by atoms with Gasteiger partial charge in [0.05, 0.1) is 5.69 Å². The highest BCUT2D eigenvalue weighted by Gasteiger charge is 2.07. The summed E-state index contributed by atoms with van der Waals surface area (Å²) < 4.78 is 9.10. The Kier molecular flexibility index (Phi) is 5.37. The van der Waals surface area contributed by atoms with Crippen molar-refractivity contribution in [2.45, 2.75) is 0 Å². The van der Waals surface area contributed by atoms with Crippen molar-refractivity contribution in [1.29, 1.82) is 0 Å². The first-order valence-electron chi connectivity index (χ1n) is 6.49. The number of hydrogen-bond donors (Lipinski definition) is 0. The molecule has 0 aliphatic carbocycles. The molecule has 22 heavy (non-hydrogen) atoms. The molecule has 0 N–H and O–H groups in total. The van der Waals surface area contributed by atoms with Gasteiger partial charge in [0, 0.05) is 25.0 Å². The Morgan fingerprint density at radius 2 is 2.18 bits per heavy atom. The largest absolute Gasteiger partial charge is 0.484 e. The summed E-state index contributed by atoms with van der Waals surface area (Å²) in [4.78, 5) is 25.0. The molecule has 0 aliphatic rings. The van der Waals surface area contributed by atoms with Crippen LogP contribution in [0, 0.1) is 0 Å². The summed E-state index contributed by atoms with van der Waals surface area (Å²) in [6.45, 7) is -0.0645. The lowest BCUT2D eigenvalue weighted by Crippen LogP contribution is -2.27. The average Bonchev–Trinajstić information content (AvgIpc) is 3.03. The molecule has 1 heterocycles. The van der Waals surface area contributed by atoms with Gasteiger partial charge in [0.15, 0.2) is 12.4 Å². The molecule has 1 aromatic heterocycles. The smallest absolute Gasteiger partial charge is 0.259 e. The van der Waals surface area contributed by atoms with Crippen LogP contribution in [0.4, 0.5) is 0 Å². The van der Waals surface area contributed by atoms with E-state index in [0.717, 1.165) is 0 Å². The van der Waals surface area contributed by atoms with Gasteiger partial charge < -0.3 is 9.64 Å². The highest BCUT2D eigenvalue weighted by atomic mass is 32.1. The third-order valence-corrected chi connectivity index (χ3v) is 3.28. The van der Waals surface area contributed by atoms with E-state index >= 15 is 0 Å². The molecule has 114 valence electrons. The molecule has 1 aromatic carbocycles. The fraction of sp³-hybridized carbons (Fsp3) is 0.200. The lowest BCUT2D eigenvalue weighted by molar-refractivity contribution is -0.130. The Hall–Kier alpha value is -2.54. The number of ketones is 1. The summed E-state index contributed by atoms with van der Waals surface area (Å²) in [5, 5.41) is 5.57. The lowest BCUT2D eigenvalue weighted by Gasteiger charge is -2.11. The van der Waals surface area contributed by atoms with Gasteiger partial charge >= 0.3 is 0 Å². The number of ether oxygens (including phenoxy) is 1. The zero-order valence-corrected chi connectivity index (χ0v) is 13.0. The van der Waals surface area contributed by atoms with Crippen LogP contribution in [0.3, 0.4) is 0 Å². The monoisotopic (exact) mass is 317 g/mol. The number of nitrogens with zero attached hydrogens (tertiary/aromatic N) is 3. The van der Waals surface area contributed by atoms with E-state index in [0.29, 0.717) is 17.0 Å². The molecule has 2 rings (SSSR count). The number of hydrogen-bond acceptors (Lipinski definition) is 6. The van der Waals surface area contributed by atoms with E-state index < -0.39 is 0 Å². The molecule has 0 fully saturated rings. The number of carbonyl (C=O) groups is 2. The second-order valence-corrected chi connectivity index (χ2v) is 5.24. The van der Waals surface area contributed by atoms with Gasteiger partial charge in [0.1, 0.15) is 5.75 Å². The molecule has 1 amide bonds. The van der Waals surface area contributed by atoms with Crippen LogP contribution in [0.2, 0.25) is 0 Å². The number of likely N-dealkylation sites (N-methyl/N-ethyl adjacent to an activating group) is 1. The normalized spacial score (nSPS) is 10.6. The van der Waals surface area contributed by atoms with Crippen molar-refractivity contribution in [3.8, 4) is 5.75 Å². The van der Waals surface area contributed by atoms with Gasteiger partial charge in [-0.05, 0) is 35.8 Å². The lowest BCUT2D eigenvalue weighted by atomic mass is 10.1. The molecule has 0 aliphatic heterocycles. The predicted octanol–water partition coefficient (Wildman–Crippen LogP) is 1.90. The Labute approximate surface area is 132 Å². The Morgan fingerprint density at radius 3 is 2.86 bits per heavy atom. The number of carbonyl (C=O) groups excluding carboxylic acids is 2. The van der Waals surface area contributed by atoms with Gasteiger partial charge in [0.2, 0.25) is 0 Å². The van der Waals surface area contributed by atoms with Gasteiger partial charge in [-0.1, -0.05) is 16.6 Å². The van der Waals surface area contributed by atoms with Gasteiger partial charge in [-0.2, -0.15) is 0 Å². The zero-order valence-electron chi connectivity index (χ0n) is 12.2. The van der Waals surface area contributed by atoms with Crippen LogP contribution in [0.15, 0.2) is 35.7 Å². The van der Waals surface area contributed by atoms with Gasteiger partial charge in [0.25, 0.3) is 5.91 Å². The van der Waals surface area contributed by atoms with E-state index in [1.165, 1.54) is 22.5 Å². The van der Waals surface area contributed by atoms with Gasteiger partial charge in [-0.25, -0.2) is 0 Å². The third kappa shape index (κ3) is 4.49. The van der Waals surface area contributed by atoms with Crippen LogP contribution in [-0.4, -0.2) is 46.9 Å². The van der Waals surface area contributed by atoms with E-state index in [2.05, 4.69) is 9.59 Å². The molecule has 0 radical (unpaired) electrons. The van der Waals surface area contributed by atoms with Gasteiger partial charge in [-0.15, -0.1) is 5.10 Å². The van der Waals surface area contributed by atoms with Crippen molar-refractivity contribution >= 4 is 29.3 Å². The zero-order chi connectivity index (χ0) is 15.9. The number of aromatic nitrogens is 2. The fourth-order valence-electron chi connectivity index (χ4n) is 1.52. The Morgan fingerprint density at radius 1 is 1.36 bits per heavy atom. The quantitative estimate of drug-likeness (QED) is 0.601. The second-order valence-electron chi connectivity index (χ2n) is 4.63. The minimum absolute atomic E-state index is 0.0645. The summed E-state index contributed by atoms with van der Waals surface area (Å²) in [5.74, 6) is 0.162. The van der Waals surface area contributed by atoms with Crippen molar-refractivity contribution in [1.82, 2.24) is 14.5 Å². The summed E-state index contributed by atoms with van der Waals surface area (Å²) in [6.07, 6.45) is 3.04. The van der Waals surface area contributed by atoms with Crippen LogP contribution >= 0.6 is 11.5 Å². The number of benzene rings is 1. The van der Waals surface area contributed by atoms with E-state index in [9.17, 15) is 9.59 Å². The highest BCUT2D eigenvalue weighted by molar-refractivity contribution is 7.03. The van der Waals surface area contributed by atoms with Crippen LogP contribution in [0.1, 0.15) is 16.1 Å². The van der Waals surface area contributed by atoms with Crippen molar-refractivity contribution in [2.75, 3.05) is 20.7 Å². The molecule has 0 saturated carbocycles. The van der Waals surface area contributed by atoms with Crippen LogP contribution < -0.4 is 4.74 Å². The van der Waals surface area contributed by atoms with Gasteiger partial charge in [-0.3, -0.25) is 9.59 Å². The van der Waals surface area contributed by atoms with E-state index in [4.69, 9.17) is 4.74 Å². The molecule has 0 spiro atoms. The fourth-order valence-corrected chi connectivity index (χ4v) is 1.94. The van der Waals surface area contributed by atoms with E-state index in [1.807, 2.05) is 0 Å². The molecule has 0 unspecified atom stereocenters. The summed E-state index contributed by atoms with van der Waals surface area (Å²) >= 11 is 1.22. The maximum Gasteiger partial charge on any atom is 0.259 e. The van der Waals surface area contributed by atoms with E-state index in [-0.39, 0.29) is 18.3 Å². The molecule has 0 saturated heterocycles. The Bertz CT molecular complexity index is 681. The molecular formula is C15H15N3O3S. The molecule has 7 heteroatoms. The van der Waals surface area contributed by atoms with E-state index in [1.54, 1.807) is 49.8 Å². The topological polar surface area (TPSA) is 72.4 Å². The van der Waals surface area contributed by atoms with Crippen molar-refractivity contribution in [2.24, 2.45) is 0 Å². The van der Waals surface area contributed by atoms with Crippen molar-refractivity contribution < 1.29 is 14.3 Å². The maximum atomic E-state index is 12.1. The summed E-state index contributed by atoms with van der Waals surface area (Å²) in [7, 11) is 3.31. The Balaban J connectivity index is 2.01. The maximum absolute atomic E-state index is 12.1. The first-order chi connectivity index (χ1) is 10.6. The minimum atomic E-state index is -0.169. The molecule has 0 atom stereocenters. The predicted molar refractivity (Wildman–Crippen MR) is 83.9 cm³/mol. The first-order valence-corrected chi connectivity index (χ1v) is 7.32. The average molecular weight is 317 g/mol. The standard InChI is InChI=1S/C15H15N3O3S/c1-18(2)15(20)9-21-13-5-3-4-11(8-13)14(19)7-6-12-10-22-17-16-12/h3-8,10H,9H2,1-2H3/b7-6+. The van der Waals surface area contributed by atoms with Crippen molar-refractivity contribution in [3.63, 3.8) is 0 Å². The van der Waals surface area contributed by atoms with Crippen LogP contribution in [0.25, 0.3) is 6.08 Å². The van der Waals surface area contributed by atoms with Crippen LogP contribution in [0.5, 0.6) is 5.75 Å².